The Labute approximate surface area is 101 Å². The first kappa shape index (κ1) is 10.5. The molecule has 8 heteroatoms. The van der Waals surface area contributed by atoms with Gasteiger partial charge < -0.3 is 9.64 Å². The van der Waals surface area contributed by atoms with Crippen molar-refractivity contribution in [3.8, 4) is 5.75 Å². The number of amides is 1. The number of nitrogens with one attached hydrogen (secondary N) is 1. The van der Waals surface area contributed by atoms with Gasteiger partial charge in [-0.2, -0.15) is 5.10 Å². The average Bonchev–Trinajstić information content (AvgIpc) is 2.37. The number of nitro benzene ring substituents is 1. The Morgan fingerprint density at radius 2 is 2.33 bits per heavy atom. The number of non-ortho nitro benzene ring substituents is 1. The Hall–Kier alpha value is -2.64. The minimum Gasteiger partial charge on any atom is -0.483 e. The standard InChI is InChI=1S/C10H8N4O4/c15-10-4-13-7-3-6(14(16)17)1-2-8(7)18-5-9(13)11-12-10/h1-3H,4-5H2,(H,12,15). The van der Waals surface area contributed by atoms with Crippen LogP contribution in [0.3, 0.4) is 0 Å². The van der Waals surface area contributed by atoms with E-state index in [1.54, 1.807) is 4.90 Å². The number of benzene rings is 1. The molecule has 1 aromatic carbocycles. The highest BCUT2D eigenvalue weighted by molar-refractivity contribution is 6.07. The number of rotatable bonds is 1. The van der Waals surface area contributed by atoms with Gasteiger partial charge in [-0.05, 0) is 6.07 Å². The van der Waals surface area contributed by atoms with Crippen molar-refractivity contribution in [2.24, 2.45) is 5.10 Å². The Kier molecular flexibility index (Phi) is 2.15. The fraction of sp³-hybridized carbons (Fsp3) is 0.200. The molecule has 0 aliphatic carbocycles. The van der Waals surface area contributed by atoms with E-state index in [0.29, 0.717) is 17.3 Å². The van der Waals surface area contributed by atoms with Crippen LogP contribution in [-0.4, -0.2) is 29.8 Å². The lowest BCUT2D eigenvalue weighted by Crippen LogP contribution is -2.49. The maximum atomic E-state index is 11.3. The summed E-state index contributed by atoms with van der Waals surface area (Å²) in [6.07, 6.45) is 0. The fourth-order valence-electron chi connectivity index (χ4n) is 1.89. The zero-order chi connectivity index (χ0) is 12.7. The van der Waals surface area contributed by atoms with Gasteiger partial charge in [0.25, 0.3) is 11.6 Å². The number of nitro groups is 1. The lowest BCUT2D eigenvalue weighted by Gasteiger charge is -2.33. The van der Waals surface area contributed by atoms with Crippen LogP contribution in [0.25, 0.3) is 0 Å². The Morgan fingerprint density at radius 1 is 1.50 bits per heavy atom. The number of anilines is 1. The van der Waals surface area contributed by atoms with Crippen LogP contribution in [0.1, 0.15) is 0 Å². The number of nitrogens with zero attached hydrogens (tertiary/aromatic N) is 3. The number of ether oxygens (including phenoxy) is 1. The molecule has 0 saturated carbocycles. The molecule has 1 N–H and O–H groups in total. The smallest absolute Gasteiger partial charge is 0.271 e. The van der Waals surface area contributed by atoms with E-state index in [2.05, 4.69) is 10.5 Å². The van der Waals surface area contributed by atoms with Crippen molar-refractivity contribution in [3.05, 3.63) is 28.3 Å². The summed E-state index contributed by atoms with van der Waals surface area (Å²) in [4.78, 5) is 23.2. The summed E-state index contributed by atoms with van der Waals surface area (Å²) in [7, 11) is 0. The minimum absolute atomic E-state index is 0.0513. The van der Waals surface area contributed by atoms with E-state index in [0.717, 1.165) is 0 Å². The lowest BCUT2D eigenvalue weighted by molar-refractivity contribution is -0.384. The number of fused-ring (bicyclic) bond motifs is 3. The predicted octanol–water partition coefficient (Wildman–Crippen LogP) is 0.237. The van der Waals surface area contributed by atoms with Gasteiger partial charge in [0.2, 0.25) is 0 Å². The number of hydrogen-bond donors (Lipinski definition) is 1. The molecule has 8 nitrogen and oxygen atoms in total. The molecule has 3 rings (SSSR count). The topological polar surface area (TPSA) is 97.1 Å². The van der Waals surface area contributed by atoms with Crippen molar-refractivity contribution >= 4 is 23.1 Å². The van der Waals surface area contributed by atoms with Crippen molar-refractivity contribution in [1.82, 2.24) is 5.43 Å². The van der Waals surface area contributed by atoms with Crippen LogP contribution < -0.4 is 15.1 Å². The summed E-state index contributed by atoms with van der Waals surface area (Å²) in [5.74, 6) is 0.773. The third-order valence-electron chi connectivity index (χ3n) is 2.72. The number of hydrazone groups is 1. The monoisotopic (exact) mass is 248 g/mol. The number of carbonyl (C=O) groups is 1. The molecule has 2 heterocycles. The molecule has 0 saturated heterocycles. The molecular formula is C10H8N4O4. The van der Waals surface area contributed by atoms with Gasteiger partial charge >= 0.3 is 0 Å². The van der Waals surface area contributed by atoms with Gasteiger partial charge in [0, 0.05) is 12.1 Å². The van der Waals surface area contributed by atoms with Gasteiger partial charge in [0.15, 0.2) is 5.84 Å². The van der Waals surface area contributed by atoms with E-state index < -0.39 is 4.92 Å². The second-order valence-electron chi connectivity index (χ2n) is 3.85. The Bertz CT molecular complexity index is 583. The number of hydrogen-bond acceptors (Lipinski definition) is 6. The highest BCUT2D eigenvalue weighted by atomic mass is 16.6. The Morgan fingerprint density at radius 3 is 3.11 bits per heavy atom. The normalized spacial score (nSPS) is 17.0. The van der Waals surface area contributed by atoms with Gasteiger partial charge in [0.1, 0.15) is 18.9 Å². The Balaban J connectivity index is 2.09. The SMILES string of the molecule is O=C1CN2C(=NN1)COc1ccc([N+](=O)[O-])cc12. The molecule has 0 spiro atoms. The maximum absolute atomic E-state index is 11.3. The molecule has 0 radical (unpaired) electrons. The highest BCUT2D eigenvalue weighted by Crippen LogP contribution is 2.35. The van der Waals surface area contributed by atoms with E-state index >= 15 is 0 Å². The largest absolute Gasteiger partial charge is 0.483 e. The van der Waals surface area contributed by atoms with E-state index in [1.807, 2.05) is 0 Å². The summed E-state index contributed by atoms with van der Waals surface area (Å²) in [5, 5.41) is 14.6. The molecule has 0 bridgehead atoms. The zero-order valence-electron chi connectivity index (χ0n) is 9.12. The number of carbonyl (C=O) groups excluding carboxylic acids is 1. The first-order valence-electron chi connectivity index (χ1n) is 5.19. The molecule has 0 unspecified atom stereocenters. The second kappa shape index (κ2) is 3.69. The predicted molar refractivity (Wildman–Crippen MR) is 61.5 cm³/mol. The molecule has 0 atom stereocenters. The van der Waals surface area contributed by atoms with E-state index in [9.17, 15) is 14.9 Å². The van der Waals surface area contributed by atoms with Crippen LogP contribution in [-0.2, 0) is 4.79 Å². The van der Waals surface area contributed by atoms with Crippen molar-refractivity contribution in [2.45, 2.75) is 0 Å². The van der Waals surface area contributed by atoms with E-state index in [-0.39, 0.29) is 24.7 Å². The molecule has 2 aliphatic heterocycles. The molecule has 0 aromatic heterocycles. The van der Waals surface area contributed by atoms with Crippen molar-refractivity contribution in [2.75, 3.05) is 18.1 Å². The van der Waals surface area contributed by atoms with Crippen LogP contribution in [0.5, 0.6) is 5.75 Å². The van der Waals surface area contributed by atoms with Crippen LogP contribution in [0.2, 0.25) is 0 Å². The molecule has 2 aliphatic rings. The molecule has 18 heavy (non-hydrogen) atoms. The lowest BCUT2D eigenvalue weighted by atomic mass is 10.2. The fourth-order valence-corrected chi connectivity index (χ4v) is 1.89. The van der Waals surface area contributed by atoms with Crippen LogP contribution in [0.15, 0.2) is 23.3 Å². The minimum atomic E-state index is -0.490. The quantitative estimate of drug-likeness (QED) is 0.567. The molecule has 92 valence electrons. The van der Waals surface area contributed by atoms with Crippen LogP contribution >= 0.6 is 0 Å². The van der Waals surface area contributed by atoms with Crippen molar-refractivity contribution in [3.63, 3.8) is 0 Å². The van der Waals surface area contributed by atoms with Crippen molar-refractivity contribution in [1.29, 1.82) is 0 Å². The summed E-state index contributed by atoms with van der Waals surface area (Å²) >= 11 is 0. The van der Waals surface area contributed by atoms with Gasteiger partial charge in [-0.15, -0.1) is 0 Å². The third kappa shape index (κ3) is 1.54. The van der Waals surface area contributed by atoms with Gasteiger partial charge in [-0.25, -0.2) is 5.43 Å². The van der Waals surface area contributed by atoms with E-state index in [1.165, 1.54) is 18.2 Å². The van der Waals surface area contributed by atoms with Gasteiger partial charge in [-0.3, -0.25) is 14.9 Å². The summed E-state index contributed by atoms with van der Waals surface area (Å²) < 4.78 is 5.42. The van der Waals surface area contributed by atoms with Crippen molar-refractivity contribution < 1.29 is 14.5 Å². The zero-order valence-corrected chi connectivity index (χ0v) is 9.12. The molecule has 0 fully saturated rings. The average molecular weight is 248 g/mol. The summed E-state index contributed by atoms with van der Waals surface area (Å²) in [6, 6.07) is 4.27. The second-order valence-corrected chi connectivity index (χ2v) is 3.85. The van der Waals surface area contributed by atoms with Gasteiger partial charge in [0.05, 0.1) is 10.6 Å². The highest BCUT2D eigenvalue weighted by Gasteiger charge is 2.30. The van der Waals surface area contributed by atoms with Crippen LogP contribution in [0.4, 0.5) is 11.4 Å². The molecule has 1 aromatic rings. The summed E-state index contributed by atoms with van der Waals surface area (Å²) in [5.41, 5.74) is 2.78. The first-order valence-corrected chi connectivity index (χ1v) is 5.19. The third-order valence-corrected chi connectivity index (χ3v) is 2.72. The van der Waals surface area contributed by atoms with Gasteiger partial charge in [-0.1, -0.05) is 0 Å². The number of amidine groups is 1. The maximum Gasteiger partial charge on any atom is 0.271 e. The van der Waals surface area contributed by atoms with Crippen LogP contribution in [0, 0.1) is 10.1 Å². The molecular weight excluding hydrogens is 240 g/mol. The van der Waals surface area contributed by atoms with E-state index in [4.69, 9.17) is 4.74 Å². The first-order chi connectivity index (χ1) is 8.65. The molecule has 1 amide bonds. The summed E-state index contributed by atoms with van der Waals surface area (Å²) in [6.45, 7) is 0.307.